The quantitative estimate of drug-likeness (QED) is 0.589. The maximum Gasteiger partial charge on any atom is 0.338 e. The van der Waals surface area contributed by atoms with Crippen LogP contribution in [0, 0.1) is 0 Å². The predicted octanol–water partition coefficient (Wildman–Crippen LogP) is 5.08. The lowest BCUT2D eigenvalue weighted by atomic mass is 10.1. The summed E-state index contributed by atoms with van der Waals surface area (Å²) in [5.74, 6) is -0.182. The number of benzene rings is 3. The lowest BCUT2D eigenvalue weighted by molar-refractivity contribution is -0.122. The summed E-state index contributed by atoms with van der Waals surface area (Å²) in [5.41, 5.74) is 0.720. The molecule has 1 amide bonds. The summed E-state index contributed by atoms with van der Waals surface area (Å²) in [5, 5.41) is 4.94. The second-order valence-electron chi connectivity index (χ2n) is 6.14. The summed E-state index contributed by atoms with van der Waals surface area (Å²) in [6.07, 6.45) is -0.744. The summed E-state index contributed by atoms with van der Waals surface area (Å²) >= 11 is 6.20. The number of fused-ring (bicyclic) bond motifs is 1. The molecular weight excluding hydrogens is 378 g/mol. The molecule has 0 spiro atoms. The monoisotopic (exact) mass is 397 g/mol. The van der Waals surface area contributed by atoms with Crippen LogP contribution in [-0.2, 0) is 9.53 Å². The van der Waals surface area contributed by atoms with Crippen LogP contribution >= 0.6 is 11.6 Å². The van der Waals surface area contributed by atoms with E-state index in [1.54, 1.807) is 26.0 Å². The maximum atomic E-state index is 12.5. The molecule has 0 aliphatic heterocycles. The maximum absolute atomic E-state index is 12.5. The molecule has 3 aromatic carbocycles. The van der Waals surface area contributed by atoms with Crippen LogP contribution in [0.2, 0.25) is 5.02 Å². The van der Waals surface area contributed by atoms with Crippen molar-refractivity contribution in [3.63, 3.8) is 0 Å². The molecule has 3 aromatic rings. The SMILES string of the molecule is CCOC(=O)c1ccc(NC(=O)[C@@H](C)Oc2cccc3ccccc23)c(Cl)c1. The summed E-state index contributed by atoms with van der Waals surface area (Å²) in [6.45, 7) is 3.67. The Morgan fingerprint density at radius 3 is 2.57 bits per heavy atom. The number of nitrogens with one attached hydrogen (secondary N) is 1. The number of anilines is 1. The van der Waals surface area contributed by atoms with Crippen LogP contribution < -0.4 is 10.1 Å². The fourth-order valence-corrected chi connectivity index (χ4v) is 2.96. The Labute approximate surface area is 168 Å². The Kier molecular flexibility index (Phi) is 6.16. The highest BCUT2D eigenvalue weighted by Gasteiger charge is 2.18. The van der Waals surface area contributed by atoms with E-state index in [0.29, 0.717) is 17.0 Å². The third-order valence-electron chi connectivity index (χ3n) is 4.16. The standard InChI is InChI=1S/C22H20ClNO4/c1-3-27-22(26)16-11-12-19(18(23)13-16)24-21(25)14(2)28-20-10-6-8-15-7-4-5-9-17(15)20/h4-14H,3H2,1-2H3,(H,24,25)/t14-/m1/s1. The van der Waals surface area contributed by atoms with Gasteiger partial charge in [-0.25, -0.2) is 4.79 Å². The lowest BCUT2D eigenvalue weighted by Crippen LogP contribution is -2.30. The van der Waals surface area contributed by atoms with Crippen molar-refractivity contribution in [2.75, 3.05) is 11.9 Å². The highest BCUT2D eigenvalue weighted by molar-refractivity contribution is 6.34. The Hall–Kier alpha value is -3.05. The normalized spacial score (nSPS) is 11.7. The number of halogens is 1. The molecule has 0 aliphatic carbocycles. The smallest absolute Gasteiger partial charge is 0.338 e. The van der Waals surface area contributed by atoms with Gasteiger partial charge in [-0.05, 0) is 43.5 Å². The van der Waals surface area contributed by atoms with Crippen molar-refractivity contribution in [3.05, 3.63) is 71.2 Å². The zero-order valence-electron chi connectivity index (χ0n) is 15.6. The first kappa shape index (κ1) is 19.7. The van der Waals surface area contributed by atoms with Crippen molar-refractivity contribution in [3.8, 4) is 5.75 Å². The van der Waals surface area contributed by atoms with Gasteiger partial charge in [-0.15, -0.1) is 0 Å². The molecule has 0 heterocycles. The zero-order chi connectivity index (χ0) is 20.1. The lowest BCUT2D eigenvalue weighted by Gasteiger charge is -2.17. The summed E-state index contributed by atoms with van der Waals surface area (Å²) in [6, 6.07) is 18.1. The molecule has 144 valence electrons. The molecule has 28 heavy (non-hydrogen) atoms. The van der Waals surface area contributed by atoms with Gasteiger partial charge >= 0.3 is 5.97 Å². The van der Waals surface area contributed by atoms with Gasteiger partial charge in [-0.2, -0.15) is 0 Å². The van der Waals surface area contributed by atoms with E-state index in [9.17, 15) is 9.59 Å². The van der Waals surface area contributed by atoms with Crippen molar-refractivity contribution >= 4 is 39.9 Å². The number of hydrogen-bond acceptors (Lipinski definition) is 4. The molecule has 1 atom stereocenters. The second kappa shape index (κ2) is 8.76. The van der Waals surface area contributed by atoms with E-state index in [1.807, 2.05) is 42.5 Å². The molecule has 1 N–H and O–H groups in total. The first-order chi connectivity index (χ1) is 13.5. The van der Waals surface area contributed by atoms with Gasteiger partial charge < -0.3 is 14.8 Å². The fraction of sp³-hybridized carbons (Fsp3) is 0.182. The molecule has 6 heteroatoms. The van der Waals surface area contributed by atoms with Crippen molar-refractivity contribution in [1.29, 1.82) is 0 Å². The fourth-order valence-electron chi connectivity index (χ4n) is 2.73. The Morgan fingerprint density at radius 1 is 1.07 bits per heavy atom. The van der Waals surface area contributed by atoms with E-state index in [2.05, 4.69) is 5.32 Å². The van der Waals surface area contributed by atoms with Crippen LogP contribution in [-0.4, -0.2) is 24.6 Å². The van der Waals surface area contributed by atoms with Crippen LogP contribution in [0.3, 0.4) is 0 Å². The number of amides is 1. The summed E-state index contributed by atoms with van der Waals surface area (Å²) < 4.78 is 10.8. The van der Waals surface area contributed by atoms with Crippen molar-refractivity contribution < 1.29 is 19.1 Å². The number of hydrogen-bond donors (Lipinski definition) is 1. The van der Waals surface area contributed by atoms with E-state index in [0.717, 1.165) is 10.8 Å². The summed E-state index contributed by atoms with van der Waals surface area (Å²) in [4.78, 5) is 24.3. The molecule has 3 rings (SSSR count). The highest BCUT2D eigenvalue weighted by atomic mass is 35.5. The molecule has 0 saturated heterocycles. The minimum absolute atomic E-state index is 0.247. The van der Waals surface area contributed by atoms with Gasteiger partial charge in [0.15, 0.2) is 6.10 Å². The van der Waals surface area contributed by atoms with Gasteiger partial charge in [-0.3, -0.25) is 4.79 Å². The second-order valence-corrected chi connectivity index (χ2v) is 6.55. The van der Waals surface area contributed by atoms with Crippen LogP contribution in [0.4, 0.5) is 5.69 Å². The number of rotatable bonds is 6. The molecular formula is C22H20ClNO4. The van der Waals surface area contributed by atoms with E-state index in [-0.39, 0.29) is 17.5 Å². The third-order valence-corrected chi connectivity index (χ3v) is 4.47. The first-order valence-electron chi connectivity index (χ1n) is 8.91. The van der Waals surface area contributed by atoms with Crippen LogP contribution in [0.5, 0.6) is 5.75 Å². The molecule has 0 unspecified atom stereocenters. The first-order valence-corrected chi connectivity index (χ1v) is 9.29. The van der Waals surface area contributed by atoms with Gasteiger partial charge in [0.1, 0.15) is 5.75 Å². The molecule has 5 nitrogen and oxygen atoms in total. The minimum Gasteiger partial charge on any atom is -0.480 e. The van der Waals surface area contributed by atoms with Gasteiger partial charge in [0.2, 0.25) is 0 Å². The number of ether oxygens (including phenoxy) is 2. The number of esters is 1. The van der Waals surface area contributed by atoms with E-state index in [4.69, 9.17) is 21.1 Å². The summed E-state index contributed by atoms with van der Waals surface area (Å²) in [7, 11) is 0. The van der Waals surface area contributed by atoms with E-state index in [1.165, 1.54) is 6.07 Å². The Morgan fingerprint density at radius 2 is 1.82 bits per heavy atom. The average Bonchev–Trinajstić information content (AvgIpc) is 2.69. The van der Waals surface area contributed by atoms with Gasteiger partial charge in [-0.1, -0.05) is 48.0 Å². The van der Waals surface area contributed by atoms with Crippen LogP contribution in [0.1, 0.15) is 24.2 Å². The van der Waals surface area contributed by atoms with Gasteiger partial charge in [0, 0.05) is 5.39 Å². The van der Waals surface area contributed by atoms with Crippen molar-refractivity contribution in [2.24, 2.45) is 0 Å². The van der Waals surface area contributed by atoms with Crippen molar-refractivity contribution in [1.82, 2.24) is 0 Å². The van der Waals surface area contributed by atoms with Crippen molar-refractivity contribution in [2.45, 2.75) is 20.0 Å². The van der Waals surface area contributed by atoms with Gasteiger partial charge in [0.25, 0.3) is 5.91 Å². The molecule has 0 radical (unpaired) electrons. The van der Waals surface area contributed by atoms with Crippen LogP contribution in [0.25, 0.3) is 10.8 Å². The third kappa shape index (κ3) is 4.43. The van der Waals surface area contributed by atoms with Gasteiger partial charge in [0.05, 0.1) is 22.9 Å². The molecule has 0 saturated carbocycles. The highest BCUT2D eigenvalue weighted by Crippen LogP contribution is 2.27. The molecule has 0 aromatic heterocycles. The topological polar surface area (TPSA) is 64.6 Å². The molecule has 0 fully saturated rings. The number of carbonyl (C=O) groups excluding carboxylic acids is 2. The molecule has 0 aliphatic rings. The Bertz CT molecular complexity index is 1010. The predicted molar refractivity (Wildman–Crippen MR) is 110 cm³/mol. The van der Waals surface area contributed by atoms with E-state index >= 15 is 0 Å². The minimum atomic E-state index is -0.744. The van der Waals surface area contributed by atoms with Crippen LogP contribution in [0.15, 0.2) is 60.7 Å². The van der Waals surface area contributed by atoms with E-state index < -0.39 is 12.1 Å². The largest absolute Gasteiger partial charge is 0.480 e. The zero-order valence-corrected chi connectivity index (χ0v) is 16.3. The number of carbonyl (C=O) groups is 2. The Balaban J connectivity index is 1.71. The molecule has 0 bridgehead atoms. The average molecular weight is 398 g/mol.